The Bertz CT molecular complexity index is 673. The van der Waals surface area contributed by atoms with E-state index in [1.165, 1.54) is 23.5 Å². The van der Waals surface area contributed by atoms with E-state index in [0.717, 1.165) is 4.88 Å². The molecule has 4 nitrogen and oxygen atoms in total. The molecule has 98 valence electrons. The number of carbonyl (C=O) groups excluding carboxylic acids is 1. The van der Waals surface area contributed by atoms with E-state index in [4.69, 9.17) is 17.3 Å². The molecule has 0 fully saturated rings. The fourth-order valence-corrected chi connectivity index (χ4v) is 3.38. The second-order valence-electron chi connectivity index (χ2n) is 4.24. The molecule has 3 rings (SSSR count). The number of amides is 1. The Balaban J connectivity index is 2.12. The summed E-state index contributed by atoms with van der Waals surface area (Å²) in [4.78, 5) is 16.6. The second kappa shape index (κ2) is 4.47. The number of fused-ring (bicyclic) bond motifs is 1. The summed E-state index contributed by atoms with van der Waals surface area (Å²) in [5.41, 5.74) is 6.38. The summed E-state index contributed by atoms with van der Waals surface area (Å²) in [6, 6.07) is 4.17. The predicted octanol–water partition coefficient (Wildman–Crippen LogP) is 2.99. The van der Waals surface area contributed by atoms with Gasteiger partial charge in [-0.15, -0.1) is 0 Å². The van der Waals surface area contributed by atoms with E-state index in [1.54, 1.807) is 6.07 Å². The molecule has 1 aromatic carbocycles. The van der Waals surface area contributed by atoms with E-state index in [9.17, 15) is 9.18 Å². The Morgan fingerprint density at radius 2 is 2.32 bits per heavy atom. The van der Waals surface area contributed by atoms with Gasteiger partial charge in [-0.1, -0.05) is 29.0 Å². The Labute approximate surface area is 117 Å². The highest BCUT2D eigenvalue weighted by molar-refractivity contribution is 7.16. The molecule has 1 amide bonds. The molecule has 1 aliphatic heterocycles. The first-order valence-corrected chi connectivity index (χ1v) is 6.75. The maximum Gasteiger partial charge on any atom is 0.226 e. The third-order valence-electron chi connectivity index (χ3n) is 2.97. The number of halogens is 2. The summed E-state index contributed by atoms with van der Waals surface area (Å²) in [5, 5.41) is 3.36. The summed E-state index contributed by atoms with van der Waals surface area (Å²) in [6.07, 6.45) is 0.250. The van der Waals surface area contributed by atoms with Crippen LogP contribution in [0.2, 0.25) is 5.02 Å². The lowest BCUT2D eigenvalue weighted by Crippen LogP contribution is -2.22. The fraction of sp³-hybridized carbons (Fsp3) is 0.167. The van der Waals surface area contributed by atoms with Crippen molar-refractivity contribution in [2.24, 2.45) is 0 Å². The summed E-state index contributed by atoms with van der Waals surface area (Å²) >= 11 is 7.37. The largest absolute Gasteiger partial charge is 0.375 e. The summed E-state index contributed by atoms with van der Waals surface area (Å²) < 4.78 is 13.1. The summed E-state index contributed by atoms with van der Waals surface area (Å²) in [7, 11) is 0. The first-order valence-electron chi connectivity index (χ1n) is 5.55. The van der Waals surface area contributed by atoms with Crippen molar-refractivity contribution in [2.45, 2.75) is 12.3 Å². The standard InChI is InChI=1S/C12H9ClFN3OS/c13-8-3-5(14)1-2-6(8)7-4-9(18)16-11-10(7)19-12(15)17-11/h1-3,7H,4H2,(H2,15,17)(H,16,18)/t7-/m1/s1. The number of hydrogen-bond acceptors (Lipinski definition) is 4. The third kappa shape index (κ3) is 2.17. The van der Waals surface area contributed by atoms with Crippen LogP contribution in [0.15, 0.2) is 18.2 Å². The van der Waals surface area contributed by atoms with Gasteiger partial charge in [0.1, 0.15) is 11.6 Å². The van der Waals surface area contributed by atoms with E-state index in [-0.39, 0.29) is 18.2 Å². The second-order valence-corrected chi connectivity index (χ2v) is 5.71. The number of hydrogen-bond donors (Lipinski definition) is 2. The molecule has 0 unspecified atom stereocenters. The predicted molar refractivity (Wildman–Crippen MR) is 73.0 cm³/mol. The molecule has 1 atom stereocenters. The van der Waals surface area contributed by atoms with Gasteiger partial charge in [0, 0.05) is 17.4 Å². The van der Waals surface area contributed by atoms with E-state index in [2.05, 4.69) is 10.3 Å². The highest BCUT2D eigenvalue weighted by Gasteiger charge is 2.31. The lowest BCUT2D eigenvalue weighted by atomic mass is 9.91. The molecular weight excluding hydrogens is 289 g/mol. The van der Waals surface area contributed by atoms with Gasteiger partial charge in [-0.25, -0.2) is 9.37 Å². The highest BCUT2D eigenvalue weighted by Crippen LogP contribution is 2.43. The number of nitrogens with one attached hydrogen (secondary N) is 1. The monoisotopic (exact) mass is 297 g/mol. The van der Waals surface area contributed by atoms with Crippen LogP contribution < -0.4 is 11.1 Å². The van der Waals surface area contributed by atoms with Gasteiger partial charge in [-0.3, -0.25) is 4.79 Å². The van der Waals surface area contributed by atoms with Gasteiger partial charge in [0.25, 0.3) is 0 Å². The van der Waals surface area contributed by atoms with Crippen molar-refractivity contribution < 1.29 is 9.18 Å². The van der Waals surface area contributed by atoms with E-state index < -0.39 is 5.82 Å². The molecule has 0 radical (unpaired) electrons. The smallest absolute Gasteiger partial charge is 0.226 e. The zero-order chi connectivity index (χ0) is 13.6. The molecule has 3 N–H and O–H groups in total. The number of nitrogens with two attached hydrogens (primary N) is 1. The Morgan fingerprint density at radius 3 is 3.05 bits per heavy atom. The molecule has 2 aromatic rings. The lowest BCUT2D eigenvalue weighted by Gasteiger charge is -2.22. The van der Waals surface area contributed by atoms with Gasteiger partial charge in [0.15, 0.2) is 5.13 Å². The summed E-state index contributed by atoms with van der Waals surface area (Å²) in [6.45, 7) is 0. The molecule has 19 heavy (non-hydrogen) atoms. The first-order chi connectivity index (χ1) is 9.04. The van der Waals surface area contributed by atoms with Crippen LogP contribution in [0.25, 0.3) is 0 Å². The fourth-order valence-electron chi connectivity index (χ4n) is 2.17. The molecule has 0 saturated heterocycles. The van der Waals surface area contributed by atoms with Crippen molar-refractivity contribution >= 4 is 39.8 Å². The Hall–Kier alpha value is -1.66. The van der Waals surface area contributed by atoms with Gasteiger partial charge < -0.3 is 11.1 Å². The van der Waals surface area contributed by atoms with Crippen LogP contribution in [0.5, 0.6) is 0 Å². The van der Waals surface area contributed by atoms with E-state index >= 15 is 0 Å². The van der Waals surface area contributed by atoms with Gasteiger partial charge in [0.2, 0.25) is 5.91 Å². The zero-order valence-electron chi connectivity index (χ0n) is 9.61. The third-order valence-corrected chi connectivity index (χ3v) is 4.30. The van der Waals surface area contributed by atoms with Crippen LogP contribution in [0.4, 0.5) is 15.3 Å². The van der Waals surface area contributed by atoms with Gasteiger partial charge in [0.05, 0.1) is 4.88 Å². The molecule has 2 heterocycles. The number of nitrogens with zero attached hydrogens (tertiary/aromatic N) is 1. The molecular formula is C12H9ClFN3OS. The average molecular weight is 298 g/mol. The molecule has 1 aliphatic rings. The minimum Gasteiger partial charge on any atom is -0.375 e. The van der Waals surface area contributed by atoms with Gasteiger partial charge in [-0.05, 0) is 17.7 Å². The molecule has 0 bridgehead atoms. The normalized spacial score (nSPS) is 18.0. The van der Waals surface area contributed by atoms with E-state index in [0.29, 0.717) is 21.5 Å². The van der Waals surface area contributed by atoms with Crippen LogP contribution >= 0.6 is 22.9 Å². The molecule has 0 spiro atoms. The first kappa shape index (κ1) is 12.4. The van der Waals surface area contributed by atoms with Gasteiger partial charge in [-0.2, -0.15) is 0 Å². The van der Waals surface area contributed by atoms with Crippen molar-refractivity contribution in [2.75, 3.05) is 11.1 Å². The Morgan fingerprint density at radius 1 is 1.53 bits per heavy atom. The SMILES string of the molecule is Nc1nc2c(s1)[C@@H](c1ccc(F)cc1Cl)CC(=O)N2. The average Bonchev–Trinajstić information content (AvgIpc) is 2.68. The maximum absolute atomic E-state index is 13.1. The van der Waals surface area contributed by atoms with Crippen molar-refractivity contribution in [3.05, 3.63) is 39.5 Å². The molecule has 1 aromatic heterocycles. The number of aromatic nitrogens is 1. The number of carbonyl (C=O) groups is 1. The summed E-state index contributed by atoms with van der Waals surface area (Å²) in [5.74, 6) is -0.308. The van der Waals surface area contributed by atoms with Crippen LogP contribution in [-0.4, -0.2) is 10.9 Å². The van der Waals surface area contributed by atoms with Crippen LogP contribution in [0, 0.1) is 5.82 Å². The lowest BCUT2D eigenvalue weighted by molar-refractivity contribution is -0.116. The molecule has 7 heteroatoms. The Kier molecular flexibility index (Phi) is 2.91. The van der Waals surface area contributed by atoms with Crippen LogP contribution in [-0.2, 0) is 4.79 Å². The molecule has 0 aliphatic carbocycles. The molecule has 0 saturated carbocycles. The number of thiazole rings is 1. The number of rotatable bonds is 1. The van der Waals surface area contributed by atoms with Crippen molar-refractivity contribution in [3.63, 3.8) is 0 Å². The number of benzene rings is 1. The quantitative estimate of drug-likeness (QED) is 0.850. The number of nitrogen functional groups attached to an aromatic ring is 1. The van der Waals surface area contributed by atoms with Crippen molar-refractivity contribution in [3.8, 4) is 0 Å². The van der Waals surface area contributed by atoms with Crippen LogP contribution in [0.3, 0.4) is 0 Å². The van der Waals surface area contributed by atoms with E-state index in [1.807, 2.05) is 0 Å². The minimum atomic E-state index is -0.405. The zero-order valence-corrected chi connectivity index (χ0v) is 11.2. The van der Waals surface area contributed by atoms with Crippen molar-refractivity contribution in [1.29, 1.82) is 0 Å². The highest BCUT2D eigenvalue weighted by atomic mass is 35.5. The number of anilines is 2. The maximum atomic E-state index is 13.1. The minimum absolute atomic E-state index is 0.150. The van der Waals surface area contributed by atoms with Gasteiger partial charge >= 0.3 is 0 Å². The topological polar surface area (TPSA) is 68.0 Å². The van der Waals surface area contributed by atoms with Crippen molar-refractivity contribution in [1.82, 2.24) is 4.98 Å². The van der Waals surface area contributed by atoms with Crippen LogP contribution in [0.1, 0.15) is 22.8 Å².